The fraction of sp³-hybridized carbons (Fsp3) is 0.333. The molecular weight excluding hydrogens is 250 g/mol. The number of hydrogen-bond acceptors (Lipinski definition) is 4. The van der Waals surface area contributed by atoms with Gasteiger partial charge in [-0.1, -0.05) is 15.9 Å². The lowest BCUT2D eigenvalue weighted by Gasteiger charge is -2.03. The van der Waals surface area contributed by atoms with Gasteiger partial charge in [-0.2, -0.15) is 0 Å². The number of halogens is 1. The van der Waals surface area contributed by atoms with E-state index in [1.54, 1.807) is 12.1 Å². The van der Waals surface area contributed by atoms with E-state index in [0.717, 1.165) is 5.33 Å². The van der Waals surface area contributed by atoms with Gasteiger partial charge in [-0.3, -0.25) is 0 Å². The molecule has 0 atom stereocenters. The molecule has 1 heterocycles. The van der Waals surface area contributed by atoms with Gasteiger partial charge in [0.1, 0.15) is 0 Å². The van der Waals surface area contributed by atoms with Gasteiger partial charge in [0.05, 0.1) is 19.3 Å². The maximum Gasteiger partial charge on any atom is 0.339 e. The number of aromatic nitrogens is 1. The third kappa shape index (κ3) is 2.99. The minimum Gasteiger partial charge on any atom is -0.477 e. The minimum atomic E-state index is -0.399. The van der Waals surface area contributed by atoms with Gasteiger partial charge in [-0.05, 0) is 6.07 Å². The van der Waals surface area contributed by atoms with Gasteiger partial charge in [0.2, 0.25) is 5.88 Å². The molecule has 0 aliphatic rings. The molecule has 0 bridgehead atoms. The predicted octanol–water partition coefficient (Wildman–Crippen LogP) is 1.64. The van der Waals surface area contributed by atoms with E-state index in [1.807, 2.05) is 0 Å². The van der Waals surface area contributed by atoms with E-state index in [9.17, 15) is 4.79 Å². The summed E-state index contributed by atoms with van der Waals surface area (Å²) in [5.74, 6) is 0.0987. The molecule has 0 aromatic carbocycles. The van der Waals surface area contributed by atoms with Crippen LogP contribution < -0.4 is 4.74 Å². The number of methoxy groups -OCH3 is 1. The fourth-order valence-corrected chi connectivity index (χ4v) is 1.01. The molecule has 0 aliphatic carbocycles. The Labute approximate surface area is 90.4 Å². The van der Waals surface area contributed by atoms with E-state index in [1.165, 1.54) is 13.3 Å². The monoisotopic (exact) mass is 259 g/mol. The Morgan fingerprint density at radius 3 is 2.86 bits per heavy atom. The van der Waals surface area contributed by atoms with Crippen molar-refractivity contribution in [2.75, 3.05) is 19.0 Å². The molecule has 0 saturated heterocycles. The summed E-state index contributed by atoms with van der Waals surface area (Å²) in [4.78, 5) is 15.0. The van der Waals surface area contributed by atoms with Crippen LogP contribution in [0.3, 0.4) is 0 Å². The van der Waals surface area contributed by atoms with Gasteiger partial charge in [0.25, 0.3) is 0 Å². The van der Waals surface area contributed by atoms with E-state index in [4.69, 9.17) is 4.74 Å². The highest BCUT2D eigenvalue weighted by Crippen LogP contribution is 2.08. The van der Waals surface area contributed by atoms with Crippen molar-refractivity contribution in [2.45, 2.75) is 0 Å². The third-order valence-electron chi connectivity index (χ3n) is 1.48. The number of rotatable bonds is 4. The summed E-state index contributed by atoms with van der Waals surface area (Å²) in [5.41, 5.74) is 0.415. The molecule has 4 nitrogen and oxygen atoms in total. The van der Waals surface area contributed by atoms with Gasteiger partial charge >= 0.3 is 5.97 Å². The van der Waals surface area contributed by atoms with Crippen LogP contribution in [0.1, 0.15) is 10.4 Å². The van der Waals surface area contributed by atoms with Crippen LogP contribution in [-0.4, -0.2) is 30.0 Å². The summed E-state index contributed by atoms with van der Waals surface area (Å²) in [6.45, 7) is 0.546. The molecule has 5 heteroatoms. The first-order valence-corrected chi connectivity index (χ1v) is 5.13. The van der Waals surface area contributed by atoms with Crippen LogP contribution in [0.2, 0.25) is 0 Å². The zero-order chi connectivity index (χ0) is 10.4. The van der Waals surface area contributed by atoms with Crippen LogP contribution in [0.25, 0.3) is 0 Å². The zero-order valence-corrected chi connectivity index (χ0v) is 9.28. The van der Waals surface area contributed by atoms with E-state index in [0.29, 0.717) is 18.1 Å². The lowest BCUT2D eigenvalue weighted by Crippen LogP contribution is -2.03. The van der Waals surface area contributed by atoms with E-state index in [2.05, 4.69) is 25.7 Å². The second kappa shape index (κ2) is 5.59. The summed E-state index contributed by atoms with van der Waals surface area (Å²) in [6, 6.07) is 3.25. The van der Waals surface area contributed by atoms with E-state index in [-0.39, 0.29) is 0 Å². The Morgan fingerprint density at radius 1 is 1.57 bits per heavy atom. The van der Waals surface area contributed by atoms with Crippen LogP contribution in [0.5, 0.6) is 5.88 Å². The number of carbonyl (C=O) groups is 1. The first-order chi connectivity index (χ1) is 6.77. The van der Waals surface area contributed by atoms with Crippen molar-refractivity contribution in [1.29, 1.82) is 0 Å². The van der Waals surface area contributed by atoms with Crippen molar-refractivity contribution in [1.82, 2.24) is 4.98 Å². The highest BCUT2D eigenvalue weighted by molar-refractivity contribution is 9.09. The topological polar surface area (TPSA) is 48.4 Å². The Balaban J connectivity index is 2.63. The molecule has 0 radical (unpaired) electrons. The first-order valence-electron chi connectivity index (χ1n) is 4.01. The van der Waals surface area contributed by atoms with Crippen molar-refractivity contribution in [3.05, 3.63) is 23.9 Å². The molecule has 0 N–H and O–H groups in total. The molecular formula is C9H10BrNO3. The molecule has 1 rings (SSSR count). The molecule has 1 aromatic heterocycles. The molecule has 0 amide bonds. The Bertz CT molecular complexity index is 299. The van der Waals surface area contributed by atoms with E-state index < -0.39 is 5.97 Å². The van der Waals surface area contributed by atoms with Crippen LogP contribution in [0.15, 0.2) is 18.3 Å². The molecule has 0 saturated carbocycles. The van der Waals surface area contributed by atoms with Crippen LogP contribution in [0.4, 0.5) is 0 Å². The average molecular weight is 260 g/mol. The number of esters is 1. The number of carbonyl (C=O) groups excluding carboxylic acids is 1. The van der Waals surface area contributed by atoms with Gasteiger partial charge in [0.15, 0.2) is 0 Å². The number of pyridine rings is 1. The summed E-state index contributed by atoms with van der Waals surface area (Å²) in [5, 5.41) is 0.743. The van der Waals surface area contributed by atoms with Crippen molar-refractivity contribution in [3.63, 3.8) is 0 Å². The normalized spacial score (nSPS) is 9.57. The Hall–Kier alpha value is -1.10. The molecule has 0 aliphatic heterocycles. The summed E-state index contributed by atoms with van der Waals surface area (Å²) in [7, 11) is 1.33. The molecule has 76 valence electrons. The van der Waals surface area contributed by atoms with Gasteiger partial charge in [0, 0.05) is 17.6 Å². The highest BCUT2D eigenvalue weighted by atomic mass is 79.9. The summed E-state index contributed by atoms with van der Waals surface area (Å²) >= 11 is 3.23. The SMILES string of the molecule is COC(=O)c1ccc(OCCBr)nc1. The quantitative estimate of drug-likeness (QED) is 0.610. The first kappa shape index (κ1) is 11.0. The number of ether oxygens (including phenoxy) is 2. The van der Waals surface area contributed by atoms with Gasteiger partial charge < -0.3 is 9.47 Å². The maximum absolute atomic E-state index is 11.0. The Kier molecular flexibility index (Phi) is 4.39. The van der Waals surface area contributed by atoms with Crippen molar-refractivity contribution in [3.8, 4) is 5.88 Å². The third-order valence-corrected chi connectivity index (χ3v) is 1.81. The summed E-state index contributed by atoms with van der Waals surface area (Å²) < 4.78 is 9.74. The predicted molar refractivity (Wildman–Crippen MR) is 54.9 cm³/mol. The Morgan fingerprint density at radius 2 is 2.36 bits per heavy atom. The van der Waals surface area contributed by atoms with Crippen molar-refractivity contribution in [2.24, 2.45) is 0 Å². The standard InChI is InChI=1S/C9H10BrNO3/c1-13-9(12)7-2-3-8(11-6-7)14-5-4-10/h2-3,6H,4-5H2,1H3. The second-order valence-corrected chi connectivity index (χ2v) is 3.21. The fourth-order valence-electron chi connectivity index (χ4n) is 0.847. The molecule has 0 fully saturated rings. The maximum atomic E-state index is 11.0. The number of alkyl halides is 1. The summed E-state index contributed by atoms with van der Waals surface area (Å²) in [6.07, 6.45) is 1.43. The van der Waals surface area contributed by atoms with Crippen molar-refractivity contribution >= 4 is 21.9 Å². The van der Waals surface area contributed by atoms with E-state index >= 15 is 0 Å². The number of nitrogens with zero attached hydrogens (tertiary/aromatic N) is 1. The largest absolute Gasteiger partial charge is 0.477 e. The van der Waals surface area contributed by atoms with Crippen LogP contribution in [0, 0.1) is 0 Å². The van der Waals surface area contributed by atoms with Crippen LogP contribution in [-0.2, 0) is 4.74 Å². The molecule has 0 spiro atoms. The zero-order valence-electron chi connectivity index (χ0n) is 7.70. The minimum absolute atomic E-state index is 0.399. The molecule has 14 heavy (non-hydrogen) atoms. The molecule has 0 unspecified atom stereocenters. The second-order valence-electron chi connectivity index (χ2n) is 2.41. The average Bonchev–Trinajstić information content (AvgIpc) is 2.26. The lowest BCUT2D eigenvalue weighted by atomic mass is 10.3. The number of hydrogen-bond donors (Lipinski definition) is 0. The lowest BCUT2D eigenvalue weighted by molar-refractivity contribution is 0.0600. The van der Waals surface area contributed by atoms with Crippen molar-refractivity contribution < 1.29 is 14.3 Å². The van der Waals surface area contributed by atoms with Crippen LogP contribution >= 0.6 is 15.9 Å². The highest BCUT2D eigenvalue weighted by Gasteiger charge is 2.05. The van der Waals surface area contributed by atoms with Gasteiger partial charge in [-0.15, -0.1) is 0 Å². The van der Waals surface area contributed by atoms with Gasteiger partial charge in [-0.25, -0.2) is 9.78 Å². The smallest absolute Gasteiger partial charge is 0.339 e. The molecule has 1 aromatic rings.